The van der Waals surface area contributed by atoms with E-state index in [0.29, 0.717) is 46.9 Å². The minimum absolute atomic E-state index is 0.193. The third-order valence-corrected chi connectivity index (χ3v) is 6.32. The van der Waals surface area contributed by atoms with Crippen molar-refractivity contribution in [3.05, 3.63) is 66.5 Å². The number of carbonyl (C=O) groups is 3. The summed E-state index contributed by atoms with van der Waals surface area (Å²) in [5.74, 6) is -0.550. The van der Waals surface area contributed by atoms with Gasteiger partial charge in [0.05, 0.1) is 41.0 Å². The van der Waals surface area contributed by atoms with Gasteiger partial charge in [-0.1, -0.05) is 12.6 Å². The highest BCUT2D eigenvalue weighted by atomic mass is 32.2. The van der Waals surface area contributed by atoms with Crippen molar-refractivity contribution in [2.45, 2.75) is 5.75 Å². The van der Waals surface area contributed by atoms with E-state index in [1.165, 1.54) is 36.2 Å². The quantitative estimate of drug-likeness (QED) is 0.222. The van der Waals surface area contributed by atoms with E-state index in [1.807, 2.05) is 0 Å². The number of ketones is 1. The summed E-state index contributed by atoms with van der Waals surface area (Å²) in [6, 6.07) is 5.15. The minimum atomic E-state index is -0.642. The topological polar surface area (TPSA) is 121 Å². The van der Waals surface area contributed by atoms with Crippen LogP contribution in [0.2, 0.25) is 0 Å². The smallest absolute Gasteiger partial charge is 0.295 e. The van der Waals surface area contributed by atoms with Crippen molar-refractivity contribution in [3.8, 4) is 5.75 Å². The SMILES string of the molecule is C=CN=CSCc1ncc(OC)c2c(C(=O)C(=O)N3CCN(C(=O)c4ccccn4)CC3)c[nH]c12. The van der Waals surface area contributed by atoms with E-state index in [0.717, 1.165) is 0 Å². The fraction of sp³-hybridized carbons (Fsp3) is 0.250. The van der Waals surface area contributed by atoms with Crippen molar-refractivity contribution in [2.24, 2.45) is 4.99 Å². The van der Waals surface area contributed by atoms with Gasteiger partial charge in [0.25, 0.3) is 17.6 Å². The Balaban J connectivity index is 1.49. The average Bonchev–Trinajstić information content (AvgIpc) is 3.36. The van der Waals surface area contributed by atoms with Gasteiger partial charge in [0.1, 0.15) is 11.4 Å². The van der Waals surface area contributed by atoms with Crippen LogP contribution < -0.4 is 4.74 Å². The lowest BCUT2D eigenvalue weighted by atomic mass is 10.1. The molecule has 10 nitrogen and oxygen atoms in total. The number of nitrogens with one attached hydrogen (secondary N) is 1. The Morgan fingerprint density at radius 2 is 1.97 bits per heavy atom. The molecule has 0 spiro atoms. The largest absolute Gasteiger partial charge is 0.494 e. The van der Waals surface area contributed by atoms with Crippen LogP contribution in [0.15, 0.2) is 54.6 Å². The molecule has 4 heterocycles. The number of pyridine rings is 2. The van der Waals surface area contributed by atoms with Crippen LogP contribution in [0.5, 0.6) is 5.75 Å². The first-order chi connectivity index (χ1) is 17.0. The molecular formula is C24H24N6O4S. The lowest BCUT2D eigenvalue weighted by Gasteiger charge is -2.34. The van der Waals surface area contributed by atoms with E-state index in [-0.39, 0.29) is 24.6 Å². The van der Waals surface area contributed by atoms with Crippen molar-refractivity contribution in [3.63, 3.8) is 0 Å². The predicted molar refractivity (Wildman–Crippen MR) is 134 cm³/mol. The third kappa shape index (κ3) is 5.09. The van der Waals surface area contributed by atoms with Crippen LogP contribution in [-0.2, 0) is 10.5 Å². The molecule has 0 aliphatic carbocycles. The van der Waals surface area contributed by atoms with Crippen LogP contribution in [0, 0.1) is 0 Å². The summed E-state index contributed by atoms with van der Waals surface area (Å²) in [6.07, 6.45) is 6.06. The van der Waals surface area contributed by atoms with E-state index >= 15 is 0 Å². The van der Waals surface area contributed by atoms with Crippen molar-refractivity contribution < 1.29 is 19.1 Å². The van der Waals surface area contributed by atoms with E-state index in [2.05, 4.69) is 26.5 Å². The van der Waals surface area contributed by atoms with Crippen molar-refractivity contribution in [2.75, 3.05) is 33.3 Å². The zero-order valence-electron chi connectivity index (χ0n) is 19.1. The molecule has 0 radical (unpaired) electrons. The highest BCUT2D eigenvalue weighted by Gasteiger charge is 2.31. The number of piperazine rings is 1. The lowest BCUT2D eigenvalue weighted by molar-refractivity contribution is -0.127. The number of H-pyrrole nitrogens is 1. The molecule has 2 amide bonds. The van der Waals surface area contributed by atoms with Gasteiger partial charge >= 0.3 is 0 Å². The van der Waals surface area contributed by atoms with Crippen molar-refractivity contribution >= 4 is 45.8 Å². The van der Waals surface area contributed by atoms with Crippen LogP contribution >= 0.6 is 11.8 Å². The Hall–Kier alpha value is -3.99. The Morgan fingerprint density at radius 1 is 1.20 bits per heavy atom. The van der Waals surface area contributed by atoms with Gasteiger partial charge in [0, 0.05) is 50.5 Å². The number of hydrogen-bond acceptors (Lipinski definition) is 8. The van der Waals surface area contributed by atoms with Crippen molar-refractivity contribution in [1.29, 1.82) is 0 Å². The normalized spacial score (nSPS) is 13.9. The second kappa shape index (κ2) is 11.0. The zero-order chi connectivity index (χ0) is 24.8. The second-order valence-corrected chi connectivity index (χ2v) is 8.44. The van der Waals surface area contributed by atoms with Crippen LogP contribution in [0.25, 0.3) is 10.9 Å². The fourth-order valence-corrected chi connectivity index (χ4v) is 4.46. The number of aromatic amines is 1. The van der Waals surface area contributed by atoms with Gasteiger partial charge in [-0.3, -0.25) is 29.3 Å². The Kier molecular flexibility index (Phi) is 7.56. The molecule has 3 aromatic rings. The number of Topliss-reactive ketones (excluding diaryl/α,β-unsaturated/α-hetero) is 1. The van der Waals surface area contributed by atoms with Crippen LogP contribution in [0.1, 0.15) is 26.5 Å². The first-order valence-corrected chi connectivity index (χ1v) is 11.9. The number of thioether (sulfide) groups is 1. The number of ether oxygens (including phenoxy) is 1. The van der Waals surface area contributed by atoms with Gasteiger partial charge < -0.3 is 19.5 Å². The monoisotopic (exact) mass is 492 g/mol. The molecule has 3 aromatic heterocycles. The molecule has 180 valence electrons. The molecule has 0 atom stereocenters. The Bertz CT molecular complexity index is 1280. The summed E-state index contributed by atoms with van der Waals surface area (Å²) >= 11 is 1.42. The second-order valence-electron chi connectivity index (χ2n) is 7.60. The molecule has 0 bridgehead atoms. The summed E-state index contributed by atoms with van der Waals surface area (Å²) in [5.41, 5.74) is 3.57. The van der Waals surface area contributed by atoms with E-state index in [1.54, 1.807) is 41.0 Å². The number of amides is 2. The van der Waals surface area contributed by atoms with Gasteiger partial charge in [-0.25, -0.2) is 0 Å². The van der Waals surface area contributed by atoms with Crippen LogP contribution in [0.3, 0.4) is 0 Å². The van der Waals surface area contributed by atoms with Gasteiger partial charge in [0.15, 0.2) is 0 Å². The molecule has 35 heavy (non-hydrogen) atoms. The van der Waals surface area contributed by atoms with Gasteiger partial charge in [-0.15, -0.1) is 11.8 Å². The number of carbonyl (C=O) groups excluding carboxylic acids is 3. The first kappa shape index (κ1) is 24.1. The van der Waals surface area contributed by atoms with Gasteiger partial charge in [0.2, 0.25) is 0 Å². The van der Waals surface area contributed by atoms with Gasteiger partial charge in [-0.05, 0) is 12.1 Å². The van der Waals surface area contributed by atoms with E-state index < -0.39 is 11.7 Å². The molecule has 11 heteroatoms. The van der Waals surface area contributed by atoms with Crippen molar-refractivity contribution in [1.82, 2.24) is 24.8 Å². The molecule has 0 saturated carbocycles. The molecule has 1 N–H and O–H groups in total. The lowest BCUT2D eigenvalue weighted by Crippen LogP contribution is -2.52. The first-order valence-electron chi connectivity index (χ1n) is 10.9. The maximum atomic E-state index is 13.2. The summed E-state index contributed by atoms with van der Waals surface area (Å²) in [5, 5.41) is 0.515. The Morgan fingerprint density at radius 3 is 2.66 bits per heavy atom. The van der Waals surface area contributed by atoms with E-state index in [4.69, 9.17) is 4.74 Å². The number of nitrogens with zero attached hydrogens (tertiary/aromatic N) is 5. The standard InChI is InChI=1S/C24H24N6O4S/c1-3-25-15-35-14-18-21-20(19(34-2)13-27-18)16(12-28-21)22(31)24(33)30-10-8-29(9-11-30)23(32)17-6-4-5-7-26-17/h3-7,12-13,15,28H,1,8-11,14H2,2H3. The summed E-state index contributed by atoms with van der Waals surface area (Å²) in [4.78, 5) is 57.6. The zero-order valence-corrected chi connectivity index (χ0v) is 20.0. The number of rotatable bonds is 8. The maximum absolute atomic E-state index is 13.2. The van der Waals surface area contributed by atoms with E-state index in [9.17, 15) is 14.4 Å². The highest BCUT2D eigenvalue weighted by molar-refractivity contribution is 8.11. The molecule has 1 fully saturated rings. The number of methoxy groups -OCH3 is 1. The maximum Gasteiger partial charge on any atom is 0.295 e. The summed E-state index contributed by atoms with van der Waals surface area (Å²) in [6.45, 7) is 4.70. The van der Waals surface area contributed by atoms with Crippen LogP contribution in [0.4, 0.5) is 0 Å². The molecule has 1 aliphatic heterocycles. The molecule has 0 unspecified atom stereocenters. The number of hydrogen-bond donors (Lipinski definition) is 1. The average molecular weight is 493 g/mol. The summed E-state index contributed by atoms with van der Waals surface area (Å²) < 4.78 is 5.43. The number of aliphatic imine (C=N–C) groups is 1. The number of aromatic nitrogens is 3. The van der Waals surface area contributed by atoms with Crippen LogP contribution in [-0.4, -0.2) is 81.2 Å². The molecular weight excluding hydrogens is 468 g/mol. The molecule has 4 rings (SSSR count). The fourth-order valence-electron chi connectivity index (χ4n) is 3.84. The highest BCUT2D eigenvalue weighted by Crippen LogP contribution is 2.31. The third-order valence-electron chi connectivity index (χ3n) is 5.61. The minimum Gasteiger partial charge on any atom is -0.494 e. The summed E-state index contributed by atoms with van der Waals surface area (Å²) in [7, 11) is 1.49. The number of fused-ring (bicyclic) bond motifs is 1. The molecule has 1 saturated heterocycles. The molecule has 1 aliphatic rings. The predicted octanol–water partition coefficient (Wildman–Crippen LogP) is 2.54. The molecule has 0 aromatic carbocycles. The van der Waals surface area contributed by atoms with Gasteiger partial charge in [-0.2, -0.15) is 0 Å². The Labute approximate surface area is 206 Å².